The molecule has 1 saturated heterocycles. The zero-order chi connectivity index (χ0) is 31.5. The number of nitrogens with zero attached hydrogens (tertiary/aromatic N) is 1. The highest BCUT2D eigenvalue weighted by atomic mass is 19.4. The van der Waals surface area contributed by atoms with Crippen molar-refractivity contribution in [3.63, 3.8) is 0 Å². The van der Waals surface area contributed by atoms with Crippen LogP contribution < -0.4 is 0 Å². The van der Waals surface area contributed by atoms with Crippen LogP contribution in [0, 0.1) is 5.92 Å². The SMILES string of the molecule is CC[C@@H](c1ccc(C(F)(F)F)cc1)N1CCCC(c2cc(-c3ccc(C(F)(F)F)cc3)cc(C(CC(C)C)C(=O)O)c2)C1. The maximum absolute atomic E-state index is 13.2. The first kappa shape index (κ1) is 32.6. The number of hydrogen-bond acceptors (Lipinski definition) is 2. The number of carbonyl (C=O) groups is 1. The van der Waals surface area contributed by atoms with Gasteiger partial charge in [-0.2, -0.15) is 26.3 Å². The maximum Gasteiger partial charge on any atom is 0.416 e. The zero-order valence-corrected chi connectivity index (χ0v) is 24.5. The van der Waals surface area contributed by atoms with E-state index in [0.29, 0.717) is 36.1 Å². The molecular weight excluding hydrogens is 568 g/mol. The Morgan fingerprint density at radius 2 is 1.44 bits per heavy atom. The largest absolute Gasteiger partial charge is 0.481 e. The number of alkyl halides is 6. The molecule has 232 valence electrons. The average Bonchev–Trinajstić information content (AvgIpc) is 2.95. The van der Waals surface area contributed by atoms with Crippen LogP contribution in [0.25, 0.3) is 11.1 Å². The fourth-order valence-electron chi connectivity index (χ4n) is 6.14. The predicted molar refractivity (Wildman–Crippen MR) is 155 cm³/mol. The van der Waals surface area contributed by atoms with Gasteiger partial charge in [-0.1, -0.05) is 63.2 Å². The van der Waals surface area contributed by atoms with Crippen LogP contribution in [-0.4, -0.2) is 29.1 Å². The van der Waals surface area contributed by atoms with Crippen LogP contribution in [0.2, 0.25) is 0 Å². The van der Waals surface area contributed by atoms with E-state index in [1.807, 2.05) is 32.9 Å². The molecule has 1 N–H and O–H groups in total. The molecular formula is C34H37F6NO2. The Hall–Kier alpha value is -3.33. The Morgan fingerprint density at radius 1 is 0.860 bits per heavy atom. The number of likely N-dealkylation sites (tertiary alicyclic amines) is 1. The van der Waals surface area contributed by atoms with Crippen molar-refractivity contribution < 1.29 is 36.2 Å². The second-order valence-corrected chi connectivity index (χ2v) is 11.9. The second-order valence-electron chi connectivity index (χ2n) is 11.9. The molecule has 0 saturated carbocycles. The van der Waals surface area contributed by atoms with Crippen molar-refractivity contribution in [1.29, 1.82) is 0 Å². The molecule has 3 aromatic carbocycles. The van der Waals surface area contributed by atoms with Gasteiger partial charge in [-0.15, -0.1) is 0 Å². The topological polar surface area (TPSA) is 40.5 Å². The number of benzene rings is 3. The first-order valence-corrected chi connectivity index (χ1v) is 14.6. The minimum absolute atomic E-state index is 0.0129. The minimum atomic E-state index is -4.47. The quantitative estimate of drug-likeness (QED) is 0.247. The molecule has 1 aliphatic heterocycles. The summed E-state index contributed by atoms with van der Waals surface area (Å²) in [7, 11) is 0. The second kappa shape index (κ2) is 13.1. The maximum atomic E-state index is 13.2. The molecule has 0 radical (unpaired) electrons. The van der Waals surface area contributed by atoms with Gasteiger partial charge in [0.2, 0.25) is 0 Å². The third-order valence-corrected chi connectivity index (χ3v) is 8.31. The van der Waals surface area contributed by atoms with Gasteiger partial charge in [0.1, 0.15) is 0 Å². The van der Waals surface area contributed by atoms with Gasteiger partial charge in [0, 0.05) is 12.6 Å². The summed E-state index contributed by atoms with van der Waals surface area (Å²) in [6.45, 7) is 7.28. The number of carboxylic acids is 1. The Kier molecular flexibility index (Phi) is 9.94. The van der Waals surface area contributed by atoms with Crippen molar-refractivity contribution in [3.8, 4) is 11.1 Å². The molecule has 1 fully saturated rings. The Bertz CT molecular complexity index is 1380. The highest BCUT2D eigenvalue weighted by Crippen LogP contribution is 2.39. The highest BCUT2D eigenvalue weighted by Gasteiger charge is 2.33. The lowest BCUT2D eigenvalue weighted by molar-refractivity contribution is -0.139. The highest BCUT2D eigenvalue weighted by molar-refractivity contribution is 5.78. The first-order chi connectivity index (χ1) is 20.2. The summed E-state index contributed by atoms with van der Waals surface area (Å²) in [5.41, 5.74) is 2.10. The molecule has 1 aliphatic rings. The summed E-state index contributed by atoms with van der Waals surface area (Å²) in [5.74, 6) is -1.61. The lowest BCUT2D eigenvalue weighted by atomic mass is 9.82. The van der Waals surface area contributed by atoms with E-state index >= 15 is 0 Å². The van der Waals surface area contributed by atoms with Crippen molar-refractivity contribution >= 4 is 5.97 Å². The molecule has 3 nitrogen and oxygen atoms in total. The molecule has 43 heavy (non-hydrogen) atoms. The number of hydrogen-bond donors (Lipinski definition) is 1. The van der Waals surface area contributed by atoms with E-state index in [9.17, 15) is 36.2 Å². The predicted octanol–water partition coefficient (Wildman–Crippen LogP) is 9.94. The van der Waals surface area contributed by atoms with E-state index in [1.54, 1.807) is 6.07 Å². The van der Waals surface area contributed by atoms with Crippen molar-refractivity contribution in [2.45, 2.75) is 76.7 Å². The summed E-state index contributed by atoms with van der Waals surface area (Å²) in [6, 6.07) is 15.7. The summed E-state index contributed by atoms with van der Waals surface area (Å²) in [6.07, 6.45) is -6.09. The lowest BCUT2D eigenvalue weighted by Crippen LogP contribution is -2.37. The Morgan fingerprint density at radius 3 is 1.95 bits per heavy atom. The minimum Gasteiger partial charge on any atom is -0.481 e. The van der Waals surface area contributed by atoms with Crippen LogP contribution in [0.1, 0.15) is 92.1 Å². The van der Waals surface area contributed by atoms with Crippen LogP contribution >= 0.6 is 0 Å². The van der Waals surface area contributed by atoms with Crippen molar-refractivity contribution in [1.82, 2.24) is 4.90 Å². The fourth-order valence-corrected chi connectivity index (χ4v) is 6.14. The molecule has 0 aromatic heterocycles. The van der Waals surface area contributed by atoms with Gasteiger partial charge < -0.3 is 5.11 Å². The summed E-state index contributed by atoms with van der Waals surface area (Å²) in [4.78, 5) is 14.6. The molecule has 9 heteroatoms. The van der Waals surface area contributed by atoms with E-state index < -0.39 is 35.4 Å². The lowest BCUT2D eigenvalue weighted by Gasteiger charge is -2.39. The molecule has 4 rings (SSSR count). The average molecular weight is 606 g/mol. The smallest absolute Gasteiger partial charge is 0.416 e. The first-order valence-electron chi connectivity index (χ1n) is 14.6. The van der Waals surface area contributed by atoms with Crippen molar-refractivity contribution in [2.75, 3.05) is 13.1 Å². The monoisotopic (exact) mass is 605 g/mol. The van der Waals surface area contributed by atoms with Crippen LogP contribution in [0.5, 0.6) is 0 Å². The van der Waals surface area contributed by atoms with E-state index in [4.69, 9.17) is 0 Å². The van der Waals surface area contributed by atoms with Gasteiger partial charge >= 0.3 is 18.3 Å². The van der Waals surface area contributed by atoms with E-state index in [1.165, 1.54) is 24.3 Å². The van der Waals surface area contributed by atoms with Gasteiger partial charge in [-0.25, -0.2) is 0 Å². The van der Waals surface area contributed by atoms with E-state index in [-0.39, 0.29) is 17.9 Å². The summed E-state index contributed by atoms with van der Waals surface area (Å²) in [5, 5.41) is 10.1. The van der Waals surface area contributed by atoms with Gasteiger partial charge in [0.15, 0.2) is 0 Å². The van der Waals surface area contributed by atoms with Crippen molar-refractivity contribution in [2.24, 2.45) is 5.92 Å². The number of carboxylic acid groups (broad SMARTS) is 1. The third-order valence-electron chi connectivity index (χ3n) is 8.31. The molecule has 0 spiro atoms. The number of rotatable bonds is 9. The summed E-state index contributed by atoms with van der Waals surface area (Å²) < 4.78 is 79.1. The molecule has 1 heterocycles. The van der Waals surface area contributed by atoms with Gasteiger partial charge in [-0.05, 0) is 96.1 Å². The van der Waals surface area contributed by atoms with Gasteiger partial charge in [0.05, 0.1) is 17.0 Å². The van der Waals surface area contributed by atoms with Gasteiger partial charge in [0.25, 0.3) is 0 Å². The van der Waals surface area contributed by atoms with E-state index in [0.717, 1.165) is 54.8 Å². The van der Waals surface area contributed by atoms with Crippen LogP contribution in [-0.2, 0) is 17.1 Å². The standard InChI is InChI=1S/C34H37F6NO2/c1-4-31(23-9-13-29(14-10-23)34(38,39)40)41-15-5-6-24(20-41)26-17-25(22-7-11-28(12-8-22)33(35,36)37)18-27(19-26)30(32(42)43)16-21(2)3/h7-14,17-19,21,24,30-31H,4-6,15-16,20H2,1-3H3,(H,42,43)/t24?,30?,31-/m0/s1. The van der Waals surface area contributed by atoms with E-state index in [2.05, 4.69) is 4.90 Å². The van der Waals surface area contributed by atoms with Crippen LogP contribution in [0.15, 0.2) is 66.7 Å². The Labute approximate surface area is 248 Å². The molecule has 0 aliphatic carbocycles. The Balaban J connectivity index is 1.70. The van der Waals surface area contributed by atoms with Crippen molar-refractivity contribution in [3.05, 3.63) is 94.5 Å². The van der Waals surface area contributed by atoms with Crippen LogP contribution in [0.4, 0.5) is 26.3 Å². The third kappa shape index (κ3) is 7.99. The summed E-state index contributed by atoms with van der Waals surface area (Å²) >= 11 is 0. The molecule has 3 aromatic rings. The molecule has 0 amide bonds. The van der Waals surface area contributed by atoms with Crippen LogP contribution in [0.3, 0.4) is 0 Å². The molecule has 2 unspecified atom stereocenters. The zero-order valence-electron chi connectivity index (χ0n) is 24.5. The molecule has 3 atom stereocenters. The fraction of sp³-hybridized carbons (Fsp3) is 0.441. The number of aliphatic carboxylic acids is 1. The number of halogens is 6. The van der Waals surface area contributed by atoms with Gasteiger partial charge in [-0.3, -0.25) is 9.69 Å². The number of piperidine rings is 1. The molecule has 0 bridgehead atoms. The normalized spacial score (nSPS) is 18.0.